The third-order valence-corrected chi connectivity index (χ3v) is 9.54. The summed E-state index contributed by atoms with van der Waals surface area (Å²) in [6, 6.07) is 8.20. The highest BCUT2D eigenvalue weighted by Gasteiger charge is 2.40. The van der Waals surface area contributed by atoms with Crippen LogP contribution in [0, 0.1) is 11.3 Å². The molecule has 0 saturated carbocycles. The molecular weight excluding hydrogens is 601 g/mol. The number of hydrogen-bond acceptors (Lipinski definition) is 9. The van der Waals surface area contributed by atoms with Crippen LogP contribution < -0.4 is 15.8 Å². The Labute approximate surface area is 266 Å². The molecule has 0 bridgehead atoms. The molecule has 5 N–H and O–H groups in total. The van der Waals surface area contributed by atoms with Gasteiger partial charge in [0, 0.05) is 43.5 Å². The molecule has 4 rings (SSSR count). The number of piperazine rings is 1. The van der Waals surface area contributed by atoms with E-state index in [1.807, 2.05) is 37.3 Å². The molecule has 3 amide bonds. The van der Waals surface area contributed by atoms with E-state index in [9.17, 15) is 19.2 Å². The number of hydrogen-bond donors (Lipinski definition) is 4. The molecule has 0 radical (unpaired) electrons. The van der Waals surface area contributed by atoms with Gasteiger partial charge >= 0.3 is 0 Å². The maximum Gasteiger partial charge on any atom is 0.247 e. The number of nitrogens with two attached hydrogens (primary N) is 1. The molecule has 238 valence electrons. The Hall–Kier alpha value is -3.49. The van der Waals surface area contributed by atoms with Crippen molar-refractivity contribution in [2.45, 2.75) is 56.9 Å². The summed E-state index contributed by atoms with van der Waals surface area (Å²) in [6.07, 6.45) is 5.23. The monoisotopic (exact) mass is 642 g/mol. The normalized spacial score (nSPS) is 19.6. The number of carbonyl (C=O) groups excluding carboxylic acids is 4. The van der Waals surface area contributed by atoms with E-state index in [2.05, 4.69) is 15.0 Å². The van der Waals surface area contributed by atoms with Gasteiger partial charge < -0.3 is 25.8 Å². The standard InChI is InChI=1S/C30H42N8O4S2/c1-2-3-12-36-19-26(40)38(24(29(36)42)16-34-44-20-21-8-5-4-6-9-21)18-25(39)35-23(27(41)28-33-11-14-43-28)15-22-10-7-13-37(17-22)30(31)32/h4-6,8-9,11,14,22-24,34H,2-3,7,10,12-13,15-20H2,1H3,(H3,31,32)(H,35,39)/t22?,23-,24-/m0/s1. The van der Waals surface area contributed by atoms with Gasteiger partial charge in [-0.1, -0.05) is 55.6 Å². The Balaban J connectivity index is 1.44. The molecule has 2 aliphatic rings. The lowest BCUT2D eigenvalue weighted by atomic mass is 9.90. The van der Waals surface area contributed by atoms with Gasteiger partial charge in [0.2, 0.25) is 23.5 Å². The summed E-state index contributed by atoms with van der Waals surface area (Å²) in [6.45, 7) is 3.48. The van der Waals surface area contributed by atoms with Crippen LogP contribution in [0.2, 0.25) is 0 Å². The number of benzene rings is 1. The number of thiazole rings is 1. The van der Waals surface area contributed by atoms with Crippen LogP contribution in [-0.4, -0.2) is 101 Å². The molecule has 14 heteroatoms. The zero-order chi connectivity index (χ0) is 31.5. The highest BCUT2D eigenvalue weighted by Crippen LogP contribution is 2.23. The fraction of sp³-hybridized carbons (Fsp3) is 0.533. The Morgan fingerprint density at radius 2 is 2.05 bits per heavy atom. The second-order valence-corrected chi connectivity index (χ2v) is 12.9. The Morgan fingerprint density at radius 1 is 1.25 bits per heavy atom. The van der Waals surface area contributed by atoms with Gasteiger partial charge in [0.05, 0.1) is 12.6 Å². The first kappa shape index (κ1) is 33.4. The predicted molar refractivity (Wildman–Crippen MR) is 172 cm³/mol. The third kappa shape index (κ3) is 9.26. The van der Waals surface area contributed by atoms with Gasteiger partial charge in [-0.25, -0.2) is 4.98 Å². The van der Waals surface area contributed by atoms with Crippen LogP contribution in [0.25, 0.3) is 0 Å². The second kappa shape index (κ2) is 16.5. The number of unbranched alkanes of at least 4 members (excludes halogenated alkanes) is 1. The SMILES string of the molecule is CCCCN1CC(=O)N(CC(=O)N[C@@H](CC2CCCN(C(=N)N)C2)C(=O)c2nccs2)[C@@H](CNSCc2ccccc2)C1=O. The van der Waals surface area contributed by atoms with Crippen molar-refractivity contribution < 1.29 is 19.2 Å². The van der Waals surface area contributed by atoms with Gasteiger partial charge in [0.15, 0.2) is 11.0 Å². The number of Topliss-reactive ketones (excluding diaryl/α,β-unsaturated/α-hetero) is 1. The minimum absolute atomic E-state index is 0.00984. The first-order valence-corrected chi connectivity index (χ1v) is 16.9. The molecule has 0 aliphatic carbocycles. The number of piperidine rings is 1. The van der Waals surface area contributed by atoms with E-state index in [1.54, 1.807) is 21.4 Å². The number of aromatic nitrogens is 1. The van der Waals surface area contributed by atoms with Crippen molar-refractivity contribution >= 4 is 52.7 Å². The van der Waals surface area contributed by atoms with Crippen molar-refractivity contribution in [2.24, 2.45) is 11.7 Å². The first-order valence-electron chi connectivity index (χ1n) is 15.1. The van der Waals surface area contributed by atoms with E-state index in [0.717, 1.165) is 31.2 Å². The number of carbonyl (C=O) groups is 4. The third-order valence-electron chi connectivity index (χ3n) is 7.90. The van der Waals surface area contributed by atoms with E-state index in [4.69, 9.17) is 11.1 Å². The van der Waals surface area contributed by atoms with Gasteiger partial charge in [0.1, 0.15) is 12.6 Å². The number of likely N-dealkylation sites (tertiary alicyclic amines) is 1. The van der Waals surface area contributed by atoms with Crippen molar-refractivity contribution in [1.29, 1.82) is 5.41 Å². The summed E-state index contributed by atoms with van der Waals surface area (Å²) in [7, 11) is 0. The van der Waals surface area contributed by atoms with Crippen LogP contribution in [0.1, 0.15) is 54.4 Å². The minimum Gasteiger partial charge on any atom is -0.370 e. The van der Waals surface area contributed by atoms with Crippen molar-refractivity contribution in [3.8, 4) is 0 Å². The average Bonchev–Trinajstić information content (AvgIpc) is 3.56. The van der Waals surface area contributed by atoms with Gasteiger partial charge in [-0.3, -0.25) is 29.3 Å². The van der Waals surface area contributed by atoms with Crippen molar-refractivity contribution in [3.05, 3.63) is 52.5 Å². The Kier molecular flexibility index (Phi) is 12.6. The lowest BCUT2D eigenvalue weighted by Gasteiger charge is -2.40. The molecular formula is C30H42N8O4S2. The van der Waals surface area contributed by atoms with Gasteiger partial charge in [-0.15, -0.1) is 11.3 Å². The second-order valence-electron chi connectivity index (χ2n) is 11.2. The molecule has 3 heterocycles. The van der Waals surface area contributed by atoms with Crippen molar-refractivity contribution in [1.82, 2.24) is 29.7 Å². The highest BCUT2D eigenvalue weighted by molar-refractivity contribution is 7.96. The van der Waals surface area contributed by atoms with Crippen LogP contribution in [-0.2, 0) is 20.1 Å². The maximum absolute atomic E-state index is 13.5. The predicted octanol–water partition coefficient (Wildman–Crippen LogP) is 2.08. The summed E-state index contributed by atoms with van der Waals surface area (Å²) in [4.78, 5) is 62.6. The lowest BCUT2D eigenvalue weighted by molar-refractivity contribution is -0.157. The average molecular weight is 643 g/mol. The van der Waals surface area contributed by atoms with E-state index in [1.165, 1.54) is 28.2 Å². The van der Waals surface area contributed by atoms with Crippen molar-refractivity contribution in [2.75, 3.05) is 39.3 Å². The molecule has 1 aromatic heterocycles. The van der Waals surface area contributed by atoms with Crippen LogP contribution in [0.4, 0.5) is 0 Å². The van der Waals surface area contributed by atoms with Crippen molar-refractivity contribution in [3.63, 3.8) is 0 Å². The molecule has 2 aliphatic heterocycles. The molecule has 44 heavy (non-hydrogen) atoms. The molecule has 2 saturated heterocycles. The van der Waals surface area contributed by atoms with Gasteiger partial charge in [0.25, 0.3) is 0 Å². The smallest absolute Gasteiger partial charge is 0.247 e. The zero-order valence-corrected chi connectivity index (χ0v) is 26.7. The molecule has 1 aromatic carbocycles. The van der Waals surface area contributed by atoms with E-state index in [0.29, 0.717) is 36.8 Å². The number of guanidine groups is 1. The zero-order valence-electron chi connectivity index (χ0n) is 25.1. The van der Waals surface area contributed by atoms with Gasteiger partial charge in [-0.05, 0) is 37.2 Å². The summed E-state index contributed by atoms with van der Waals surface area (Å²) in [5.41, 5.74) is 6.84. The molecule has 0 spiro atoms. The number of nitrogens with zero attached hydrogens (tertiary/aromatic N) is 4. The fourth-order valence-corrected chi connectivity index (χ4v) is 6.93. The maximum atomic E-state index is 13.5. The van der Waals surface area contributed by atoms with Crippen LogP contribution in [0.15, 0.2) is 41.9 Å². The molecule has 3 atom stereocenters. The molecule has 2 fully saturated rings. The topological polar surface area (TPSA) is 165 Å². The molecule has 12 nitrogen and oxygen atoms in total. The summed E-state index contributed by atoms with van der Waals surface area (Å²) < 4.78 is 3.23. The number of amides is 3. The first-order chi connectivity index (χ1) is 21.3. The van der Waals surface area contributed by atoms with Crippen LogP contribution in [0.5, 0.6) is 0 Å². The Bertz CT molecular complexity index is 1280. The summed E-state index contributed by atoms with van der Waals surface area (Å²) in [5, 5.41) is 12.7. The quantitative estimate of drug-likeness (QED) is 0.0749. The van der Waals surface area contributed by atoms with E-state index in [-0.39, 0.29) is 49.1 Å². The van der Waals surface area contributed by atoms with Gasteiger partial charge in [-0.2, -0.15) is 0 Å². The largest absolute Gasteiger partial charge is 0.370 e. The molecule has 2 aromatic rings. The number of nitrogens with one attached hydrogen (secondary N) is 3. The summed E-state index contributed by atoms with van der Waals surface area (Å²) >= 11 is 2.65. The fourth-order valence-electron chi connectivity index (χ4n) is 5.56. The minimum atomic E-state index is -0.861. The highest BCUT2D eigenvalue weighted by atomic mass is 32.2. The summed E-state index contributed by atoms with van der Waals surface area (Å²) in [5.74, 6) is -0.600. The van der Waals surface area contributed by atoms with E-state index < -0.39 is 18.0 Å². The lowest BCUT2D eigenvalue weighted by Crippen LogP contribution is -2.64. The van der Waals surface area contributed by atoms with E-state index >= 15 is 0 Å². The van der Waals surface area contributed by atoms with Crippen LogP contribution in [0.3, 0.4) is 0 Å². The Morgan fingerprint density at radius 3 is 2.75 bits per heavy atom. The number of ketones is 1. The molecule has 1 unspecified atom stereocenters. The number of rotatable bonds is 15. The van der Waals surface area contributed by atoms with Crippen LogP contribution >= 0.6 is 23.3 Å².